The quantitative estimate of drug-likeness (QED) is 0.724. The van der Waals surface area contributed by atoms with Crippen LogP contribution in [0.1, 0.15) is 51.2 Å². The highest BCUT2D eigenvalue weighted by atomic mass is 16.6. The third-order valence-corrected chi connectivity index (χ3v) is 4.30. The number of esters is 1. The van der Waals surface area contributed by atoms with Crippen LogP contribution in [0.25, 0.3) is 0 Å². The molecule has 0 saturated heterocycles. The smallest absolute Gasteiger partial charge is 0.306 e. The van der Waals surface area contributed by atoms with Gasteiger partial charge in [-0.05, 0) is 38.8 Å². The van der Waals surface area contributed by atoms with Gasteiger partial charge < -0.3 is 4.74 Å². The summed E-state index contributed by atoms with van der Waals surface area (Å²) in [5.74, 6) is -0.588. The summed E-state index contributed by atoms with van der Waals surface area (Å²) in [6, 6.07) is 21.8. The number of rotatable bonds is 5. The first-order chi connectivity index (χ1) is 11.8. The van der Waals surface area contributed by atoms with Crippen LogP contribution >= 0.6 is 0 Å². The van der Waals surface area contributed by atoms with E-state index in [1.807, 2.05) is 88.4 Å². The van der Waals surface area contributed by atoms with E-state index in [1.54, 1.807) is 0 Å². The Labute approximate surface area is 150 Å². The molecule has 0 aliphatic carbocycles. The molecule has 0 N–H and O–H groups in total. The summed E-state index contributed by atoms with van der Waals surface area (Å²) >= 11 is 0. The van der Waals surface area contributed by atoms with E-state index in [9.17, 15) is 10.1 Å². The zero-order valence-corrected chi connectivity index (χ0v) is 15.3. The zero-order valence-electron chi connectivity index (χ0n) is 15.3. The van der Waals surface area contributed by atoms with Gasteiger partial charge in [0.25, 0.3) is 0 Å². The largest absolute Gasteiger partial charge is 0.460 e. The summed E-state index contributed by atoms with van der Waals surface area (Å²) in [5.41, 5.74) is 0.476. The molecule has 0 bridgehead atoms. The first-order valence-corrected chi connectivity index (χ1v) is 8.50. The van der Waals surface area contributed by atoms with Gasteiger partial charge in [0.15, 0.2) is 0 Å². The van der Waals surface area contributed by atoms with Crippen molar-refractivity contribution in [3.63, 3.8) is 0 Å². The number of benzene rings is 2. The highest BCUT2D eigenvalue weighted by Crippen LogP contribution is 2.41. The highest BCUT2D eigenvalue weighted by molar-refractivity contribution is 5.72. The normalized spacial score (nSPS) is 14.8. The molecule has 130 valence electrons. The molecule has 0 radical (unpaired) electrons. The number of hydrogen-bond donors (Lipinski definition) is 0. The molecular formula is C22H25NO2. The van der Waals surface area contributed by atoms with Gasteiger partial charge in [0.2, 0.25) is 0 Å². The van der Waals surface area contributed by atoms with Crippen molar-refractivity contribution in [1.82, 2.24) is 0 Å². The number of nitrogens with zero attached hydrogens (tertiary/aromatic N) is 1. The Kier molecular flexibility index (Phi) is 5.64. The monoisotopic (exact) mass is 335 g/mol. The first-order valence-electron chi connectivity index (χ1n) is 8.50. The third kappa shape index (κ3) is 4.70. The molecule has 2 aromatic rings. The van der Waals surface area contributed by atoms with Crippen LogP contribution in [0, 0.1) is 11.3 Å². The average molecular weight is 335 g/mol. The molecule has 0 unspecified atom stereocenters. The molecule has 0 spiro atoms. The van der Waals surface area contributed by atoms with E-state index in [0.717, 1.165) is 11.1 Å². The fraction of sp³-hybridized carbons (Fsp3) is 0.364. The van der Waals surface area contributed by atoms with Crippen LogP contribution in [-0.4, -0.2) is 11.6 Å². The predicted octanol–water partition coefficient (Wildman–Crippen LogP) is 4.98. The Morgan fingerprint density at radius 2 is 1.52 bits per heavy atom. The molecule has 2 rings (SSSR count). The van der Waals surface area contributed by atoms with Gasteiger partial charge in [-0.15, -0.1) is 0 Å². The molecule has 0 fully saturated rings. The molecule has 0 heterocycles. The molecule has 25 heavy (non-hydrogen) atoms. The fourth-order valence-corrected chi connectivity index (χ4v) is 3.02. The molecule has 2 aromatic carbocycles. The zero-order chi connectivity index (χ0) is 18.5. The minimum absolute atomic E-state index is 0.153. The van der Waals surface area contributed by atoms with E-state index < -0.39 is 11.0 Å². The SMILES string of the molecule is CC(C)(C)OC(=O)C[C@H](c1ccccc1)[C@@](C)(C#N)c1ccccc1. The van der Waals surface area contributed by atoms with Crippen molar-refractivity contribution in [2.45, 2.75) is 51.0 Å². The van der Waals surface area contributed by atoms with Gasteiger partial charge in [-0.2, -0.15) is 5.26 Å². The lowest BCUT2D eigenvalue weighted by Gasteiger charge is -2.33. The van der Waals surface area contributed by atoms with Gasteiger partial charge in [0.05, 0.1) is 17.9 Å². The minimum atomic E-state index is -0.834. The second-order valence-electron chi connectivity index (χ2n) is 7.43. The number of hydrogen-bond acceptors (Lipinski definition) is 3. The van der Waals surface area contributed by atoms with Crippen molar-refractivity contribution in [2.24, 2.45) is 0 Å². The van der Waals surface area contributed by atoms with Crippen LogP contribution in [0.15, 0.2) is 60.7 Å². The summed E-state index contributed by atoms with van der Waals surface area (Å²) in [4.78, 5) is 12.5. The lowest BCUT2D eigenvalue weighted by Crippen LogP contribution is -2.33. The van der Waals surface area contributed by atoms with Gasteiger partial charge >= 0.3 is 5.97 Å². The van der Waals surface area contributed by atoms with Crippen LogP contribution < -0.4 is 0 Å². The lowest BCUT2D eigenvalue weighted by atomic mass is 9.68. The van der Waals surface area contributed by atoms with Crippen LogP contribution in [0.3, 0.4) is 0 Å². The van der Waals surface area contributed by atoms with Crippen LogP contribution in [0.4, 0.5) is 0 Å². The Hall–Kier alpha value is -2.60. The molecule has 0 aromatic heterocycles. The Balaban J connectivity index is 2.44. The van der Waals surface area contributed by atoms with Crippen LogP contribution in [0.5, 0.6) is 0 Å². The summed E-state index contributed by atoms with van der Waals surface area (Å²) in [7, 11) is 0. The van der Waals surface area contributed by atoms with E-state index >= 15 is 0 Å². The summed E-state index contributed by atoms with van der Waals surface area (Å²) in [6.07, 6.45) is 0.153. The maximum absolute atomic E-state index is 12.5. The second kappa shape index (κ2) is 7.53. The van der Waals surface area contributed by atoms with Gasteiger partial charge in [0, 0.05) is 5.92 Å². The van der Waals surface area contributed by atoms with Crippen molar-refractivity contribution >= 4 is 5.97 Å². The van der Waals surface area contributed by atoms with Crippen molar-refractivity contribution in [3.05, 3.63) is 71.8 Å². The summed E-state index contributed by atoms with van der Waals surface area (Å²) in [5, 5.41) is 10.0. The van der Waals surface area contributed by atoms with Crippen molar-refractivity contribution in [2.75, 3.05) is 0 Å². The van der Waals surface area contributed by atoms with E-state index in [0.29, 0.717) is 0 Å². The Morgan fingerprint density at radius 3 is 2.00 bits per heavy atom. The standard InChI is InChI=1S/C22H25NO2/c1-21(2,3)25-20(24)15-19(17-11-7-5-8-12-17)22(4,16-23)18-13-9-6-10-14-18/h5-14,19H,15H2,1-4H3/t19-,22+/m1/s1. The van der Waals surface area contributed by atoms with Crippen molar-refractivity contribution in [1.29, 1.82) is 5.26 Å². The summed E-state index contributed by atoms with van der Waals surface area (Å²) < 4.78 is 5.52. The topological polar surface area (TPSA) is 50.1 Å². The van der Waals surface area contributed by atoms with Crippen molar-refractivity contribution in [3.8, 4) is 6.07 Å². The van der Waals surface area contributed by atoms with Crippen LogP contribution in [0.2, 0.25) is 0 Å². The molecule has 0 aliphatic rings. The average Bonchev–Trinajstić information content (AvgIpc) is 2.59. The minimum Gasteiger partial charge on any atom is -0.460 e. The molecule has 2 atom stereocenters. The molecular weight excluding hydrogens is 310 g/mol. The fourth-order valence-electron chi connectivity index (χ4n) is 3.02. The molecule has 3 nitrogen and oxygen atoms in total. The first kappa shape index (κ1) is 18.7. The third-order valence-electron chi connectivity index (χ3n) is 4.30. The predicted molar refractivity (Wildman–Crippen MR) is 99.1 cm³/mol. The van der Waals surface area contributed by atoms with E-state index in [2.05, 4.69) is 6.07 Å². The number of nitriles is 1. The van der Waals surface area contributed by atoms with Gasteiger partial charge in [-0.1, -0.05) is 60.7 Å². The molecule has 3 heteroatoms. The highest BCUT2D eigenvalue weighted by Gasteiger charge is 2.39. The molecule has 0 amide bonds. The molecule has 0 saturated carbocycles. The molecule has 0 aliphatic heterocycles. The van der Waals surface area contributed by atoms with Crippen LogP contribution in [-0.2, 0) is 14.9 Å². The maximum atomic E-state index is 12.5. The number of ether oxygens (including phenoxy) is 1. The van der Waals surface area contributed by atoms with Gasteiger partial charge in [-0.25, -0.2) is 0 Å². The van der Waals surface area contributed by atoms with E-state index in [1.165, 1.54) is 0 Å². The van der Waals surface area contributed by atoms with Gasteiger partial charge in [-0.3, -0.25) is 4.79 Å². The van der Waals surface area contributed by atoms with E-state index in [4.69, 9.17) is 4.74 Å². The van der Waals surface area contributed by atoms with Gasteiger partial charge in [0.1, 0.15) is 5.60 Å². The van der Waals surface area contributed by atoms with E-state index in [-0.39, 0.29) is 18.3 Å². The number of carbonyl (C=O) groups is 1. The lowest BCUT2D eigenvalue weighted by molar-refractivity contribution is -0.155. The summed E-state index contributed by atoms with van der Waals surface area (Å²) in [6.45, 7) is 7.44. The second-order valence-corrected chi connectivity index (χ2v) is 7.43. The Bertz CT molecular complexity index is 741. The maximum Gasteiger partial charge on any atom is 0.306 e. The van der Waals surface area contributed by atoms with Crippen molar-refractivity contribution < 1.29 is 9.53 Å². The Morgan fingerprint density at radius 1 is 1.00 bits per heavy atom. The number of carbonyl (C=O) groups excluding carboxylic acids is 1.